The number of hydrogen-bond donors (Lipinski definition) is 2. The predicted molar refractivity (Wildman–Crippen MR) is 107 cm³/mol. The molecule has 0 radical (unpaired) electrons. The van der Waals surface area contributed by atoms with E-state index in [-0.39, 0.29) is 43.0 Å². The normalized spacial score (nSPS) is 9.83. The number of amides is 3. The highest BCUT2D eigenvalue weighted by atomic mass is 16.6. The van der Waals surface area contributed by atoms with E-state index >= 15 is 0 Å². The van der Waals surface area contributed by atoms with E-state index in [2.05, 4.69) is 10.9 Å². The molecule has 0 heterocycles. The van der Waals surface area contributed by atoms with Crippen LogP contribution in [0.4, 0.5) is 11.4 Å². The molecule has 0 unspecified atom stereocenters. The molecule has 10 heteroatoms. The SMILES string of the molecule is N#CCCN(C(=O)CCC(=O)NNC(=O)c1cccc([N+](=O)[O-])c1)c1ccccc1. The van der Waals surface area contributed by atoms with Gasteiger partial charge in [0.25, 0.3) is 11.6 Å². The van der Waals surface area contributed by atoms with Gasteiger partial charge in [-0.3, -0.25) is 35.3 Å². The first-order chi connectivity index (χ1) is 14.4. The summed E-state index contributed by atoms with van der Waals surface area (Å²) >= 11 is 0. The maximum Gasteiger partial charge on any atom is 0.270 e. The molecule has 3 amide bonds. The van der Waals surface area contributed by atoms with Crippen molar-refractivity contribution in [1.29, 1.82) is 5.26 Å². The number of non-ortho nitro benzene ring substituents is 1. The summed E-state index contributed by atoms with van der Waals surface area (Å²) in [6, 6.07) is 15.8. The number of para-hydroxylation sites is 1. The van der Waals surface area contributed by atoms with Gasteiger partial charge in [-0.1, -0.05) is 24.3 Å². The smallest absolute Gasteiger partial charge is 0.270 e. The summed E-state index contributed by atoms with van der Waals surface area (Å²) in [5.74, 6) is -1.66. The number of nitro benzene ring substituents is 1. The number of nitrogens with one attached hydrogen (secondary N) is 2. The van der Waals surface area contributed by atoms with Crippen molar-refractivity contribution in [2.75, 3.05) is 11.4 Å². The minimum Gasteiger partial charge on any atom is -0.311 e. The molecule has 0 aliphatic heterocycles. The number of rotatable bonds is 8. The van der Waals surface area contributed by atoms with Gasteiger partial charge in [0.1, 0.15) is 0 Å². The quantitative estimate of drug-likeness (QED) is 0.504. The molecule has 0 aliphatic carbocycles. The number of carbonyl (C=O) groups is 3. The molecule has 0 aromatic heterocycles. The summed E-state index contributed by atoms with van der Waals surface area (Å²) in [5.41, 5.74) is 4.71. The fourth-order valence-electron chi connectivity index (χ4n) is 2.54. The van der Waals surface area contributed by atoms with E-state index in [0.29, 0.717) is 5.69 Å². The van der Waals surface area contributed by atoms with Crippen LogP contribution in [0, 0.1) is 21.4 Å². The summed E-state index contributed by atoms with van der Waals surface area (Å²) in [6.07, 6.45) is -0.172. The van der Waals surface area contributed by atoms with Crippen molar-refractivity contribution in [1.82, 2.24) is 10.9 Å². The van der Waals surface area contributed by atoms with Gasteiger partial charge in [0.15, 0.2) is 0 Å². The Labute approximate surface area is 172 Å². The van der Waals surface area contributed by atoms with Crippen LogP contribution in [0.5, 0.6) is 0 Å². The van der Waals surface area contributed by atoms with Crippen LogP contribution in [0.25, 0.3) is 0 Å². The number of nitriles is 1. The summed E-state index contributed by atoms with van der Waals surface area (Å²) in [4.78, 5) is 48.1. The number of hydrogen-bond acceptors (Lipinski definition) is 6. The fourth-order valence-corrected chi connectivity index (χ4v) is 2.54. The second-order valence-electron chi connectivity index (χ2n) is 6.10. The highest BCUT2D eigenvalue weighted by Gasteiger charge is 2.17. The zero-order chi connectivity index (χ0) is 21.9. The molecule has 10 nitrogen and oxygen atoms in total. The number of nitro groups is 1. The van der Waals surface area contributed by atoms with Crippen molar-refractivity contribution in [3.05, 3.63) is 70.3 Å². The lowest BCUT2D eigenvalue weighted by Crippen LogP contribution is -2.42. The molecule has 2 aromatic carbocycles. The zero-order valence-corrected chi connectivity index (χ0v) is 15.9. The average molecular weight is 409 g/mol. The second-order valence-corrected chi connectivity index (χ2v) is 6.10. The first kappa shape index (κ1) is 22.0. The van der Waals surface area contributed by atoms with Crippen LogP contribution in [0.2, 0.25) is 0 Å². The molecule has 2 aromatic rings. The lowest BCUT2D eigenvalue weighted by atomic mass is 10.2. The van der Waals surface area contributed by atoms with Crippen molar-refractivity contribution in [2.24, 2.45) is 0 Å². The van der Waals surface area contributed by atoms with E-state index in [1.165, 1.54) is 23.1 Å². The van der Waals surface area contributed by atoms with Crippen molar-refractivity contribution >= 4 is 29.1 Å². The largest absolute Gasteiger partial charge is 0.311 e. The van der Waals surface area contributed by atoms with Crippen LogP contribution >= 0.6 is 0 Å². The average Bonchev–Trinajstić information content (AvgIpc) is 2.77. The Morgan fingerprint density at radius 2 is 1.77 bits per heavy atom. The predicted octanol–water partition coefficient (Wildman–Crippen LogP) is 2.08. The zero-order valence-electron chi connectivity index (χ0n) is 15.9. The molecular weight excluding hydrogens is 390 g/mol. The first-order valence-electron chi connectivity index (χ1n) is 8.98. The van der Waals surface area contributed by atoms with E-state index in [4.69, 9.17) is 5.26 Å². The number of benzene rings is 2. The molecule has 0 bridgehead atoms. The molecule has 0 saturated heterocycles. The molecule has 0 fully saturated rings. The number of carbonyl (C=O) groups excluding carboxylic acids is 3. The molecule has 154 valence electrons. The summed E-state index contributed by atoms with van der Waals surface area (Å²) < 4.78 is 0. The molecule has 0 aliphatic rings. The van der Waals surface area contributed by atoms with Gasteiger partial charge in [-0.25, -0.2) is 0 Å². The number of nitrogens with zero attached hydrogens (tertiary/aromatic N) is 3. The third-order valence-corrected chi connectivity index (χ3v) is 4.02. The monoisotopic (exact) mass is 409 g/mol. The number of hydrazine groups is 1. The van der Waals surface area contributed by atoms with Gasteiger partial charge in [0.05, 0.1) is 17.4 Å². The minimum atomic E-state index is -0.724. The van der Waals surface area contributed by atoms with Crippen molar-refractivity contribution < 1.29 is 19.3 Å². The van der Waals surface area contributed by atoms with Gasteiger partial charge in [-0.15, -0.1) is 0 Å². The Kier molecular flexibility index (Phi) is 8.02. The Balaban J connectivity index is 1.87. The van der Waals surface area contributed by atoms with E-state index < -0.39 is 16.7 Å². The topological polar surface area (TPSA) is 145 Å². The summed E-state index contributed by atoms with van der Waals surface area (Å²) in [7, 11) is 0. The van der Waals surface area contributed by atoms with Gasteiger partial charge >= 0.3 is 0 Å². The van der Waals surface area contributed by atoms with Crippen LogP contribution in [-0.2, 0) is 9.59 Å². The van der Waals surface area contributed by atoms with Crippen molar-refractivity contribution in [3.8, 4) is 6.07 Å². The van der Waals surface area contributed by atoms with Gasteiger partial charge in [0.2, 0.25) is 11.8 Å². The van der Waals surface area contributed by atoms with Gasteiger partial charge in [0, 0.05) is 42.8 Å². The molecule has 0 spiro atoms. The lowest BCUT2D eigenvalue weighted by molar-refractivity contribution is -0.384. The van der Waals surface area contributed by atoms with Gasteiger partial charge < -0.3 is 4.90 Å². The number of anilines is 1. The van der Waals surface area contributed by atoms with Crippen LogP contribution < -0.4 is 15.8 Å². The summed E-state index contributed by atoms with van der Waals surface area (Å²) in [6.45, 7) is 0.199. The second kappa shape index (κ2) is 10.9. The molecule has 2 N–H and O–H groups in total. The highest BCUT2D eigenvalue weighted by Crippen LogP contribution is 2.16. The maximum absolute atomic E-state index is 12.5. The van der Waals surface area contributed by atoms with E-state index in [1.807, 2.05) is 6.07 Å². The van der Waals surface area contributed by atoms with Crippen LogP contribution in [0.3, 0.4) is 0 Å². The molecule has 0 saturated carbocycles. The molecule has 0 atom stereocenters. The van der Waals surface area contributed by atoms with Gasteiger partial charge in [-0.05, 0) is 18.2 Å². The van der Waals surface area contributed by atoms with Gasteiger partial charge in [-0.2, -0.15) is 5.26 Å². The van der Waals surface area contributed by atoms with Crippen LogP contribution in [0.1, 0.15) is 29.6 Å². The molecule has 2 rings (SSSR count). The fraction of sp³-hybridized carbons (Fsp3) is 0.200. The standard InChI is InChI=1S/C20H19N5O5/c21-12-5-13-24(16-7-2-1-3-8-16)19(27)11-10-18(26)22-23-20(28)15-6-4-9-17(14-15)25(29)30/h1-4,6-9,14H,5,10-11,13H2,(H,22,26)(H,23,28). The Bertz CT molecular complexity index is 971. The van der Waals surface area contributed by atoms with Crippen LogP contribution in [0.15, 0.2) is 54.6 Å². The summed E-state index contributed by atoms with van der Waals surface area (Å²) in [5, 5.41) is 19.6. The molecule has 30 heavy (non-hydrogen) atoms. The molecular formula is C20H19N5O5. The third kappa shape index (κ3) is 6.42. The van der Waals surface area contributed by atoms with E-state index in [1.54, 1.807) is 30.3 Å². The van der Waals surface area contributed by atoms with E-state index in [0.717, 1.165) is 6.07 Å². The van der Waals surface area contributed by atoms with Crippen molar-refractivity contribution in [3.63, 3.8) is 0 Å². The maximum atomic E-state index is 12.5. The third-order valence-electron chi connectivity index (χ3n) is 4.02. The lowest BCUT2D eigenvalue weighted by Gasteiger charge is -2.21. The Morgan fingerprint density at radius 1 is 1.03 bits per heavy atom. The van der Waals surface area contributed by atoms with Crippen molar-refractivity contribution in [2.45, 2.75) is 19.3 Å². The van der Waals surface area contributed by atoms with E-state index in [9.17, 15) is 24.5 Å². The van der Waals surface area contributed by atoms with Crippen LogP contribution in [-0.4, -0.2) is 29.2 Å². The first-order valence-corrected chi connectivity index (χ1v) is 8.98. The minimum absolute atomic E-state index is 0.00679. The Hall–Kier alpha value is -4.26. The highest BCUT2D eigenvalue weighted by molar-refractivity contribution is 5.97. The Morgan fingerprint density at radius 3 is 2.43 bits per heavy atom.